The molecular weight excluding hydrogens is 442 g/mol. The first kappa shape index (κ1) is 21.2. The van der Waals surface area contributed by atoms with Crippen LogP contribution in [-0.2, 0) is 6.42 Å². The van der Waals surface area contributed by atoms with E-state index in [4.69, 9.17) is 33.2 Å². The van der Waals surface area contributed by atoms with Gasteiger partial charge in [0.25, 0.3) is 11.1 Å². The molecule has 0 saturated carbocycles. The lowest BCUT2D eigenvalue weighted by Gasteiger charge is -2.12. The molecule has 30 heavy (non-hydrogen) atoms. The van der Waals surface area contributed by atoms with E-state index in [0.717, 1.165) is 4.68 Å². The molecule has 0 amide bonds. The van der Waals surface area contributed by atoms with E-state index in [1.54, 1.807) is 6.07 Å². The van der Waals surface area contributed by atoms with Crippen molar-refractivity contribution < 1.29 is 9.13 Å². The molecule has 1 aromatic carbocycles. The van der Waals surface area contributed by atoms with E-state index < -0.39 is 28.7 Å². The monoisotopic (exact) mass is 452 g/mol. The van der Waals surface area contributed by atoms with Gasteiger partial charge in [-0.05, 0) is 19.1 Å². The van der Waals surface area contributed by atoms with Gasteiger partial charge in [-0.1, -0.05) is 23.2 Å². The summed E-state index contributed by atoms with van der Waals surface area (Å²) in [5.74, 6) is -0.147. The minimum atomic E-state index is -1.26. The van der Waals surface area contributed by atoms with Crippen molar-refractivity contribution in [3.05, 3.63) is 70.7 Å². The summed E-state index contributed by atoms with van der Waals surface area (Å²) in [6.07, 6.45) is -1.40. The molecule has 0 spiro atoms. The lowest BCUT2D eigenvalue weighted by Crippen LogP contribution is -2.33. The van der Waals surface area contributed by atoms with Crippen molar-refractivity contribution in [1.29, 1.82) is 5.26 Å². The van der Waals surface area contributed by atoms with Crippen LogP contribution >= 0.6 is 23.2 Å². The first-order valence-corrected chi connectivity index (χ1v) is 8.99. The van der Waals surface area contributed by atoms with Gasteiger partial charge in [0.1, 0.15) is 12.2 Å². The first-order valence-electron chi connectivity index (χ1n) is 8.23. The lowest BCUT2D eigenvalue weighted by molar-refractivity contribution is 0.358. The van der Waals surface area contributed by atoms with Gasteiger partial charge in [0.2, 0.25) is 11.6 Å². The van der Waals surface area contributed by atoms with E-state index in [1.165, 1.54) is 25.1 Å². The fourth-order valence-corrected chi connectivity index (χ4v) is 3.00. The normalized spacial score (nSPS) is 11.7. The maximum atomic E-state index is 13.2. The highest BCUT2D eigenvalue weighted by Gasteiger charge is 2.16. The number of H-pyrrole nitrogens is 2. The lowest BCUT2D eigenvalue weighted by atomic mass is 10.1. The second-order valence-electron chi connectivity index (χ2n) is 6.02. The molecule has 0 aliphatic heterocycles. The van der Waals surface area contributed by atoms with Gasteiger partial charge in [0, 0.05) is 18.1 Å². The highest BCUT2D eigenvalue weighted by atomic mass is 35.5. The Kier molecular flexibility index (Phi) is 6.00. The smallest absolute Gasteiger partial charge is 0.349 e. The number of hydrogen-bond donors (Lipinski definition) is 2. The van der Waals surface area contributed by atoms with Crippen molar-refractivity contribution in [3.63, 3.8) is 0 Å². The predicted molar refractivity (Wildman–Crippen MR) is 104 cm³/mol. The Bertz CT molecular complexity index is 1320. The second-order valence-corrected chi connectivity index (χ2v) is 6.83. The molecule has 3 rings (SSSR count). The van der Waals surface area contributed by atoms with Gasteiger partial charge in [0.05, 0.1) is 15.7 Å². The molecule has 1 atom stereocenters. The average molecular weight is 453 g/mol. The van der Waals surface area contributed by atoms with Crippen molar-refractivity contribution in [3.8, 4) is 23.4 Å². The standard InChI is InChI=1S/C17H11Cl2FN6O4/c1-7(20)2-8-3-13(23-24-15(8)27)30-14-10(18)4-9(5-11(14)19)26-17(29)22-16(28)12(6-21)25-26/h3-5,7H,2H2,1H3,(H,24,27)(H,22,28,29). The van der Waals surface area contributed by atoms with Crippen molar-refractivity contribution >= 4 is 23.2 Å². The SMILES string of the molecule is CC(F)Cc1cc(Oc2c(Cl)cc(-n3nc(C#N)c(=O)[nH]c3=O)cc2Cl)n[nH]c1=O. The Balaban J connectivity index is 2.01. The molecule has 2 heterocycles. The Morgan fingerprint density at radius 2 is 1.90 bits per heavy atom. The van der Waals surface area contributed by atoms with Crippen LogP contribution in [0.15, 0.2) is 32.6 Å². The number of benzene rings is 1. The summed E-state index contributed by atoms with van der Waals surface area (Å²) in [5, 5.41) is 18.3. The summed E-state index contributed by atoms with van der Waals surface area (Å²) in [6.45, 7) is 1.30. The highest BCUT2D eigenvalue weighted by Crippen LogP contribution is 2.37. The van der Waals surface area contributed by atoms with Gasteiger partial charge in [-0.2, -0.15) is 9.94 Å². The Morgan fingerprint density at radius 1 is 1.23 bits per heavy atom. The van der Waals surface area contributed by atoms with Crippen LogP contribution in [0.2, 0.25) is 10.0 Å². The molecule has 1 unspecified atom stereocenters. The van der Waals surface area contributed by atoms with E-state index >= 15 is 0 Å². The number of rotatable bonds is 5. The number of alkyl halides is 1. The summed E-state index contributed by atoms with van der Waals surface area (Å²) in [5.41, 5.74) is -2.76. The fraction of sp³-hybridized carbons (Fsp3) is 0.176. The molecule has 0 radical (unpaired) electrons. The zero-order valence-electron chi connectivity index (χ0n) is 15.1. The van der Waals surface area contributed by atoms with Crippen LogP contribution < -0.4 is 21.5 Å². The average Bonchev–Trinajstić information content (AvgIpc) is 2.66. The molecular formula is C17H11Cl2FN6O4. The van der Waals surface area contributed by atoms with Gasteiger partial charge in [0.15, 0.2) is 5.75 Å². The Morgan fingerprint density at radius 3 is 2.50 bits per heavy atom. The maximum absolute atomic E-state index is 13.2. The van der Waals surface area contributed by atoms with Crippen molar-refractivity contribution in [2.75, 3.05) is 0 Å². The van der Waals surface area contributed by atoms with Crippen LogP contribution in [-0.4, -0.2) is 31.1 Å². The molecule has 3 aromatic rings. The third-order valence-electron chi connectivity index (χ3n) is 3.73. The van der Waals surface area contributed by atoms with E-state index in [-0.39, 0.29) is 39.3 Å². The largest absolute Gasteiger partial charge is 0.434 e. The zero-order valence-corrected chi connectivity index (χ0v) is 16.6. The third kappa shape index (κ3) is 4.40. The quantitative estimate of drug-likeness (QED) is 0.600. The number of halogens is 3. The zero-order chi connectivity index (χ0) is 22.0. The number of aromatic nitrogens is 5. The Labute approximate surface area is 176 Å². The van der Waals surface area contributed by atoms with Crippen LogP contribution in [0, 0.1) is 11.3 Å². The number of aromatic amines is 2. The predicted octanol–water partition coefficient (Wildman–Crippen LogP) is 1.88. The van der Waals surface area contributed by atoms with Gasteiger partial charge >= 0.3 is 5.69 Å². The summed E-state index contributed by atoms with van der Waals surface area (Å²) in [6, 6.07) is 5.33. The summed E-state index contributed by atoms with van der Waals surface area (Å²) in [4.78, 5) is 37.2. The van der Waals surface area contributed by atoms with Crippen molar-refractivity contribution in [1.82, 2.24) is 25.0 Å². The summed E-state index contributed by atoms with van der Waals surface area (Å²) >= 11 is 12.4. The topological polar surface area (TPSA) is 147 Å². The van der Waals surface area contributed by atoms with Gasteiger partial charge in [-0.3, -0.25) is 14.6 Å². The molecule has 2 aromatic heterocycles. The summed E-state index contributed by atoms with van der Waals surface area (Å²) in [7, 11) is 0. The second kappa shape index (κ2) is 8.48. The van der Waals surface area contributed by atoms with Gasteiger partial charge in [-0.25, -0.2) is 14.3 Å². The first-order chi connectivity index (χ1) is 14.2. The van der Waals surface area contributed by atoms with Crippen molar-refractivity contribution in [2.45, 2.75) is 19.5 Å². The van der Waals surface area contributed by atoms with Crippen LogP contribution in [0.4, 0.5) is 4.39 Å². The molecule has 0 bridgehead atoms. The minimum absolute atomic E-state index is 0.0523. The molecule has 0 fully saturated rings. The number of hydrogen-bond acceptors (Lipinski definition) is 7. The molecule has 10 nitrogen and oxygen atoms in total. The van der Waals surface area contributed by atoms with Crippen LogP contribution in [0.25, 0.3) is 5.69 Å². The third-order valence-corrected chi connectivity index (χ3v) is 4.29. The van der Waals surface area contributed by atoms with Crippen molar-refractivity contribution in [2.24, 2.45) is 0 Å². The number of nitriles is 1. The van der Waals surface area contributed by atoms with E-state index in [1.807, 2.05) is 4.98 Å². The number of nitrogens with zero attached hydrogens (tertiary/aromatic N) is 4. The molecule has 0 aliphatic rings. The molecule has 154 valence electrons. The minimum Gasteiger partial charge on any atom is -0.434 e. The summed E-state index contributed by atoms with van der Waals surface area (Å²) < 4.78 is 19.5. The number of ether oxygens (including phenoxy) is 1. The van der Waals surface area contributed by atoms with E-state index in [9.17, 15) is 18.8 Å². The van der Waals surface area contributed by atoms with Crippen LogP contribution in [0.3, 0.4) is 0 Å². The van der Waals surface area contributed by atoms with E-state index in [0.29, 0.717) is 0 Å². The molecule has 0 saturated heterocycles. The highest BCUT2D eigenvalue weighted by molar-refractivity contribution is 6.37. The number of nitrogens with one attached hydrogen (secondary N) is 2. The maximum Gasteiger partial charge on any atom is 0.349 e. The van der Waals surface area contributed by atoms with Gasteiger partial charge < -0.3 is 4.74 Å². The fourth-order valence-electron chi connectivity index (χ4n) is 2.45. The van der Waals surface area contributed by atoms with Gasteiger partial charge in [-0.15, -0.1) is 10.2 Å². The molecule has 13 heteroatoms. The Hall–Kier alpha value is -3.49. The molecule has 0 aliphatic carbocycles. The van der Waals surface area contributed by atoms with Crippen LogP contribution in [0.1, 0.15) is 18.2 Å². The van der Waals surface area contributed by atoms with E-state index in [2.05, 4.69) is 15.3 Å². The molecule has 2 N–H and O–H groups in total. The van der Waals surface area contributed by atoms with Crippen LogP contribution in [0.5, 0.6) is 11.6 Å².